The predicted octanol–water partition coefficient (Wildman–Crippen LogP) is 1.37. The lowest BCUT2D eigenvalue weighted by Gasteiger charge is -2.47. The van der Waals surface area contributed by atoms with Crippen LogP contribution in [-0.2, 0) is 24.0 Å². The first-order valence-electron chi connectivity index (χ1n) is 15.5. The zero-order chi connectivity index (χ0) is 35.5. The van der Waals surface area contributed by atoms with E-state index in [1.54, 1.807) is 19.9 Å². The predicted molar refractivity (Wildman–Crippen MR) is 177 cm³/mol. The van der Waals surface area contributed by atoms with Crippen molar-refractivity contribution < 1.29 is 39.0 Å². The number of carbonyl (C=O) groups excluding carboxylic acids is 5. The van der Waals surface area contributed by atoms with Gasteiger partial charge < -0.3 is 36.0 Å². The Kier molecular flexibility index (Phi) is 8.48. The number of H-pyrrole nitrogens is 1. The fourth-order valence-electron chi connectivity index (χ4n) is 6.79. The molecule has 15 nitrogen and oxygen atoms in total. The number of phenolic OH excluding ortho intramolecular Hbond substituents is 1. The summed E-state index contributed by atoms with van der Waals surface area (Å²) in [6, 6.07) is 4.94. The van der Waals surface area contributed by atoms with Crippen LogP contribution in [0.3, 0.4) is 0 Å². The number of rotatable bonds is 7. The molecule has 5 amide bonds. The molecule has 3 aliphatic heterocycles. The first kappa shape index (κ1) is 33.7. The van der Waals surface area contributed by atoms with Crippen LogP contribution in [0.15, 0.2) is 53.5 Å². The summed E-state index contributed by atoms with van der Waals surface area (Å²) in [5.41, 5.74) is 5.77. The molecular weight excluding hydrogens is 656 g/mol. The van der Waals surface area contributed by atoms with Crippen molar-refractivity contribution in [2.45, 2.75) is 67.9 Å². The molecule has 0 radical (unpaired) electrons. The number of carbonyl (C=O) groups is 6. The van der Waals surface area contributed by atoms with Crippen molar-refractivity contribution >= 4 is 63.9 Å². The molecule has 5 atom stereocenters. The molecule has 6 rings (SSSR count). The van der Waals surface area contributed by atoms with Gasteiger partial charge in [-0.2, -0.15) is 0 Å². The smallest absolute Gasteiger partial charge is 0.327 e. The van der Waals surface area contributed by atoms with Crippen molar-refractivity contribution in [3.05, 3.63) is 70.0 Å². The number of nitrogens with two attached hydrogens (primary N) is 1. The number of phenols is 1. The maximum atomic E-state index is 14.3. The van der Waals surface area contributed by atoms with E-state index in [9.17, 15) is 43.8 Å². The van der Waals surface area contributed by atoms with Crippen molar-refractivity contribution in [1.82, 2.24) is 19.7 Å². The van der Waals surface area contributed by atoms with E-state index in [1.807, 2.05) is 0 Å². The van der Waals surface area contributed by atoms with Crippen molar-refractivity contribution in [1.29, 1.82) is 0 Å². The molecule has 256 valence electrons. The normalized spacial score (nSPS) is 23.1. The monoisotopic (exact) mass is 690 g/mol. The third-order valence-electron chi connectivity index (χ3n) is 9.24. The summed E-state index contributed by atoms with van der Waals surface area (Å²) in [5.74, 6) is -4.93. The maximum absolute atomic E-state index is 14.3. The number of carboxylic acids is 1. The molecule has 0 bridgehead atoms. The number of nitrogens with zero attached hydrogens (tertiary/aromatic N) is 3. The number of hydrogen-bond donors (Lipinski definition) is 5. The van der Waals surface area contributed by atoms with Gasteiger partial charge in [0.2, 0.25) is 17.2 Å². The Balaban J connectivity index is 1.37. The number of aliphatic carboxylic acids is 1. The van der Waals surface area contributed by atoms with Gasteiger partial charge in [-0.15, -0.1) is 11.8 Å². The lowest BCUT2D eigenvalue weighted by molar-refractivity contribution is -0.166. The number of benzene rings is 2. The summed E-state index contributed by atoms with van der Waals surface area (Å²) >= 11 is 1.11. The summed E-state index contributed by atoms with van der Waals surface area (Å²) in [7, 11) is 0. The molecule has 3 aliphatic rings. The summed E-state index contributed by atoms with van der Waals surface area (Å²) in [6.45, 7) is 5.13. The Hall–Kier alpha value is -5.22. The summed E-state index contributed by atoms with van der Waals surface area (Å²) < 4.78 is -0.973. The molecular formula is C33H34N6O9S. The lowest BCUT2D eigenvalue weighted by Crippen LogP contribution is -2.72. The van der Waals surface area contributed by atoms with Crippen LogP contribution in [0.25, 0.3) is 10.9 Å². The van der Waals surface area contributed by atoms with Gasteiger partial charge in [0, 0.05) is 41.0 Å². The lowest BCUT2D eigenvalue weighted by atomic mass is 9.94. The van der Waals surface area contributed by atoms with Crippen LogP contribution in [-0.4, -0.2) is 100 Å². The van der Waals surface area contributed by atoms with E-state index >= 15 is 0 Å². The van der Waals surface area contributed by atoms with Crippen LogP contribution >= 0.6 is 11.8 Å². The Morgan fingerprint density at radius 1 is 1.10 bits per heavy atom. The summed E-state index contributed by atoms with van der Waals surface area (Å²) in [6.07, 6.45) is 2.27. The molecule has 16 heteroatoms. The van der Waals surface area contributed by atoms with Crippen molar-refractivity contribution in [2.75, 3.05) is 11.9 Å². The third kappa shape index (κ3) is 5.69. The van der Waals surface area contributed by atoms with Gasteiger partial charge in [0.05, 0.1) is 0 Å². The number of nitrogens with one attached hydrogen (secondary N) is 2. The van der Waals surface area contributed by atoms with Gasteiger partial charge in [-0.1, -0.05) is 12.1 Å². The second kappa shape index (κ2) is 12.3. The number of anilines is 1. The van der Waals surface area contributed by atoms with Crippen LogP contribution in [0.2, 0.25) is 0 Å². The molecule has 4 heterocycles. The van der Waals surface area contributed by atoms with Gasteiger partial charge in [0.15, 0.2) is 0 Å². The number of aromatic nitrogens is 1. The Labute approximate surface area is 283 Å². The van der Waals surface area contributed by atoms with E-state index < -0.39 is 74.9 Å². The molecule has 2 unspecified atom stereocenters. The van der Waals surface area contributed by atoms with Gasteiger partial charge in [-0.05, 0) is 62.6 Å². The number of hydrogen-bond acceptors (Lipinski definition) is 10. The summed E-state index contributed by atoms with van der Waals surface area (Å²) in [5, 5.41) is 21.4. The van der Waals surface area contributed by atoms with Crippen molar-refractivity contribution in [3.8, 4) is 5.75 Å². The number of imide groups is 1. The highest BCUT2D eigenvalue weighted by molar-refractivity contribution is 8.01. The van der Waals surface area contributed by atoms with Gasteiger partial charge in [-0.25, -0.2) is 4.79 Å². The molecule has 3 saturated heterocycles. The largest absolute Gasteiger partial charge is 0.508 e. The first-order valence-corrected chi connectivity index (χ1v) is 16.4. The van der Waals surface area contributed by atoms with Gasteiger partial charge in [0.1, 0.15) is 40.9 Å². The van der Waals surface area contributed by atoms with Gasteiger partial charge in [-0.3, -0.25) is 33.7 Å². The highest BCUT2D eigenvalue weighted by atomic mass is 32.2. The van der Waals surface area contributed by atoms with E-state index in [0.29, 0.717) is 29.8 Å². The van der Waals surface area contributed by atoms with E-state index in [-0.39, 0.29) is 28.3 Å². The summed E-state index contributed by atoms with van der Waals surface area (Å²) in [4.78, 5) is 99.2. The fourth-order valence-corrected chi connectivity index (χ4v) is 8.47. The van der Waals surface area contributed by atoms with Crippen LogP contribution in [0.1, 0.15) is 55.6 Å². The second-order valence-corrected chi connectivity index (χ2v) is 14.5. The fraction of sp³-hybridized carbons (Fsp3) is 0.364. The second-order valence-electron chi connectivity index (χ2n) is 12.8. The number of β-lactam (4-membered cyclic amide) rings is 1. The highest BCUT2D eigenvalue weighted by Gasteiger charge is 2.67. The molecule has 3 fully saturated rings. The van der Waals surface area contributed by atoms with Crippen LogP contribution < -0.4 is 16.5 Å². The average molecular weight is 691 g/mol. The zero-order valence-electron chi connectivity index (χ0n) is 26.7. The topological polar surface area (TPSA) is 224 Å². The number of fused-ring (bicyclic) bond motifs is 2. The van der Waals surface area contributed by atoms with Gasteiger partial charge >= 0.3 is 5.97 Å². The number of pyridine rings is 1. The number of aromatic hydroxyl groups is 1. The maximum Gasteiger partial charge on any atom is 0.327 e. The SMILES string of the molecule is CC(=O)N1CCCC1C(=O)Nc1ccc2[nH]cc(C(=O)N(C(=O)C(N)c3ccc(O)cc3)[C@@H]3C(=O)N4[C@@H]3SC(C)(C)[C@@H]4C(=O)O)c(=O)c2c1. The van der Waals surface area contributed by atoms with Crippen molar-refractivity contribution in [2.24, 2.45) is 5.73 Å². The molecule has 49 heavy (non-hydrogen) atoms. The highest BCUT2D eigenvalue weighted by Crippen LogP contribution is 2.52. The standard InChI is InChI=1S/C33H34N6O9S/c1-15(40)37-12-4-5-22(37)27(43)36-17-8-11-21-19(13-17)25(42)20(14-35-21)28(44)38(29(45)23(34)16-6-9-18(41)10-7-16)24-30(46)39-26(32(47)48)33(2,3)49-31(24)39/h6-11,13-14,22-24,26,31,41H,4-5,12,34H2,1-3H3,(H,35,42)(H,36,43)(H,47,48)/t22?,23?,24-,26+,31-/m1/s1. The Bertz CT molecular complexity index is 1980. The van der Waals surface area contributed by atoms with E-state index in [0.717, 1.165) is 22.9 Å². The minimum Gasteiger partial charge on any atom is -0.508 e. The molecule has 3 aromatic rings. The Morgan fingerprint density at radius 3 is 2.45 bits per heavy atom. The quantitative estimate of drug-likeness (QED) is 0.223. The molecule has 0 aliphatic carbocycles. The number of amides is 5. The zero-order valence-corrected chi connectivity index (χ0v) is 27.5. The molecule has 0 saturated carbocycles. The number of aromatic amines is 1. The van der Waals surface area contributed by atoms with E-state index in [1.165, 1.54) is 48.2 Å². The first-order chi connectivity index (χ1) is 23.1. The average Bonchev–Trinajstić information content (AvgIpc) is 3.65. The van der Waals surface area contributed by atoms with E-state index in [2.05, 4.69) is 10.3 Å². The third-order valence-corrected chi connectivity index (χ3v) is 10.8. The molecule has 6 N–H and O–H groups in total. The minimum absolute atomic E-state index is 0.00222. The molecule has 0 spiro atoms. The minimum atomic E-state index is -1.49. The Morgan fingerprint density at radius 2 is 1.80 bits per heavy atom. The van der Waals surface area contributed by atoms with Crippen LogP contribution in [0, 0.1) is 0 Å². The van der Waals surface area contributed by atoms with E-state index in [4.69, 9.17) is 5.73 Å². The molecule has 1 aromatic heterocycles. The van der Waals surface area contributed by atoms with Crippen molar-refractivity contribution in [3.63, 3.8) is 0 Å². The molecule has 2 aromatic carbocycles. The number of likely N-dealkylation sites (tertiary alicyclic amines) is 1. The number of thioether (sulfide) groups is 1. The van der Waals surface area contributed by atoms with Gasteiger partial charge in [0.25, 0.3) is 17.7 Å². The van der Waals surface area contributed by atoms with Crippen LogP contribution in [0.4, 0.5) is 5.69 Å². The number of carboxylic acid groups (broad SMARTS) is 1. The van der Waals surface area contributed by atoms with Crippen LogP contribution in [0.5, 0.6) is 5.75 Å².